The summed E-state index contributed by atoms with van der Waals surface area (Å²) in [5.41, 5.74) is 0.667. The van der Waals surface area contributed by atoms with E-state index in [1.54, 1.807) is 29.9 Å². The van der Waals surface area contributed by atoms with Crippen LogP contribution >= 0.6 is 11.6 Å². The zero-order valence-corrected chi connectivity index (χ0v) is 17.9. The minimum atomic E-state index is -3.01. The van der Waals surface area contributed by atoms with E-state index in [0.29, 0.717) is 5.69 Å². The lowest BCUT2D eigenvalue weighted by Gasteiger charge is -2.17. The van der Waals surface area contributed by atoms with E-state index in [9.17, 15) is 18.3 Å². The molecular formula is C19H21ClF3N7O2. The normalized spacial score (nSPS) is 12.3. The van der Waals surface area contributed by atoms with Crippen molar-refractivity contribution in [2.24, 2.45) is 0 Å². The van der Waals surface area contributed by atoms with Crippen LogP contribution in [0.25, 0.3) is 0 Å². The Morgan fingerprint density at radius 1 is 1.28 bits per heavy atom. The molecule has 32 heavy (non-hydrogen) atoms. The number of rotatable bonds is 10. The number of anilines is 3. The molecule has 0 amide bonds. The maximum Gasteiger partial charge on any atom is 0.387 e. The van der Waals surface area contributed by atoms with Crippen molar-refractivity contribution in [1.29, 1.82) is 0 Å². The summed E-state index contributed by atoms with van der Waals surface area (Å²) < 4.78 is 44.6. The number of benzene rings is 1. The second-order valence-electron chi connectivity index (χ2n) is 6.90. The fraction of sp³-hybridized carbons (Fsp3) is 0.316. The predicted octanol–water partition coefficient (Wildman–Crippen LogP) is 3.30. The summed E-state index contributed by atoms with van der Waals surface area (Å²) in [6, 6.07) is 3.32. The van der Waals surface area contributed by atoms with Crippen LogP contribution in [0.5, 0.6) is 5.75 Å². The van der Waals surface area contributed by atoms with Crippen molar-refractivity contribution in [3.8, 4) is 5.75 Å². The molecule has 0 aliphatic carbocycles. The van der Waals surface area contributed by atoms with Gasteiger partial charge in [-0.15, -0.1) is 0 Å². The van der Waals surface area contributed by atoms with E-state index in [2.05, 4.69) is 30.4 Å². The van der Waals surface area contributed by atoms with Gasteiger partial charge in [0.25, 0.3) is 0 Å². The Morgan fingerprint density at radius 3 is 2.78 bits per heavy atom. The molecule has 0 aliphatic heterocycles. The average Bonchev–Trinajstić information content (AvgIpc) is 3.16. The number of ether oxygens (including phenoxy) is 1. The number of hydrogen-bond donors (Lipinski definition) is 3. The summed E-state index contributed by atoms with van der Waals surface area (Å²) in [4.78, 5) is 9.98. The van der Waals surface area contributed by atoms with Gasteiger partial charge in [-0.2, -0.15) is 18.9 Å². The van der Waals surface area contributed by atoms with Crippen molar-refractivity contribution in [2.45, 2.75) is 25.9 Å². The lowest BCUT2D eigenvalue weighted by Crippen LogP contribution is -2.31. The number of hydrogen-bond acceptors (Lipinski definition) is 8. The summed E-state index contributed by atoms with van der Waals surface area (Å²) in [6.07, 6.45) is 3.86. The Hall–Kier alpha value is -3.09. The summed E-state index contributed by atoms with van der Waals surface area (Å²) in [6.45, 7) is -2.83. The molecule has 0 radical (unpaired) electrons. The number of nitrogens with zero attached hydrogens (tertiary/aromatic N) is 5. The molecular weight excluding hydrogens is 451 g/mol. The molecule has 172 valence electrons. The molecule has 3 aromatic rings. The van der Waals surface area contributed by atoms with E-state index in [1.165, 1.54) is 18.5 Å². The molecule has 1 atom stereocenters. The highest BCUT2D eigenvalue weighted by atomic mass is 35.5. The molecule has 2 aromatic heterocycles. The summed E-state index contributed by atoms with van der Waals surface area (Å²) in [5, 5.41) is 20.1. The van der Waals surface area contributed by atoms with E-state index in [-0.39, 0.29) is 41.2 Å². The summed E-state index contributed by atoms with van der Waals surface area (Å²) in [7, 11) is 3.49. The fourth-order valence-electron chi connectivity index (χ4n) is 2.58. The van der Waals surface area contributed by atoms with Crippen LogP contribution in [0.1, 0.15) is 5.56 Å². The summed E-state index contributed by atoms with van der Waals surface area (Å²) in [5.74, 6) is -0.361. The molecule has 9 nitrogen and oxygen atoms in total. The number of alkyl halides is 2. The summed E-state index contributed by atoms with van der Waals surface area (Å²) >= 11 is 6.11. The van der Waals surface area contributed by atoms with E-state index in [1.807, 2.05) is 0 Å². The molecule has 1 unspecified atom stereocenters. The lowest BCUT2D eigenvalue weighted by atomic mass is 10.2. The van der Waals surface area contributed by atoms with Crippen LogP contribution in [0.2, 0.25) is 5.02 Å². The van der Waals surface area contributed by atoms with Crippen molar-refractivity contribution < 1.29 is 23.0 Å². The van der Waals surface area contributed by atoms with Crippen LogP contribution in [0.4, 0.5) is 30.6 Å². The van der Waals surface area contributed by atoms with Crippen LogP contribution in [0, 0.1) is 5.82 Å². The Kier molecular flexibility index (Phi) is 7.72. The van der Waals surface area contributed by atoms with Gasteiger partial charge >= 0.3 is 6.61 Å². The molecule has 0 saturated heterocycles. The van der Waals surface area contributed by atoms with Crippen LogP contribution in [-0.2, 0) is 13.1 Å². The molecule has 2 heterocycles. The van der Waals surface area contributed by atoms with Gasteiger partial charge in [-0.1, -0.05) is 11.6 Å². The van der Waals surface area contributed by atoms with Crippen molar-refractivity contribution in [3.63, 3.8) is 0 Å². The van der Waals surface area contributed by atoms with E-state index >= 15 is 0 Å². The first-order valence-corrected chi connectivity index (χ1v) is 9.72. The smallest absolute Gasteiger partial charge is 0.387 e. The predicted molar refractivity (Wildman–Crippen MR) is 113 cm³/mol. The van der Waals surface area contributed by atoms with Crippen LogP contribution in [0.3, 0.4) is 0 Å². The highest BCUT2D eigenvalue weighted by Gasteiger charge is 2.12. The molecule has 0 spiro atoms. The standard InChI is InChI=1S/C19H21ClF3N7O2/c1-29(2)16(31)10-30-9-12(7-26-30)27-19-25-8-14(20)17(28-19)24-6-11-5-13(32-18(22)23)3-4-15(11)21/h3-5,7-9,16,18,31H,6,10H2,1-2H3,(H2,24,25,27,28). The van der Waals surface area contributed by atoms with Crippen LogP contribution < -0.4 is 15.4 Å². The maximum absolute atomic E-state index is 14.0. The third-order valence-corrected chi connectivity index (χ3v) is 4.55. The van der Waals surface area contributed by atoms with E-state index in [4.69, 9.17) is 11.6 Å². The number of halogens is 4. The minimum absolute atomic E-state index is 0.0806. The van der Waals surface area contributed by atoms with Gasteiger partial charge < -0.3 is 20.5 Å². The van der Waals surface area contributed by atoms with Gasteiger partial charge in [0.1, 0.15) is 22.8 Å². The Labute approximate surface area is 186 Å². The first-order valence-electron chi connectivity index (χ1n) is 9.35. The second kappa shape index (κ2) is 10.5. The lowest BCUT2D eigenvalue weighted by molar-refractivity contribution is -0.0499. The Bertz CT molecular complexity index is 1050. The molecule has 13 heteroatoms. The average molecular weight is 472 g/mol. The topological polar surface area (TPSA) is 100 Å². The maximum atomic E-state index is 14.0. The fourth-order valence-corrected chi connectivity index (χ4v) is 2.74. The molecule has 0 aliphatic rings. The van der Waals surface area contributed by atoms with Crippen molar-refractivity contribution in [3.05, 3.63) is 53.2 Å². The van der Waals surface area contributed by atoms with Crippen molar-refractivity contribution in [2.75, 3.05) is 24.7 Å². The number of aliphatic hydroxyl groups excluding tert-OH is 1. The van der Waals surface area contributed by atoms with Gasteiger partial charge in [0, 0.05) is 18.3 Å². The molecule has 0 fully saturated rings. The van der Waals surface area contributed by atoms with Gasteiger partial charge in [0.2, 0.25) is 5.95 Å². The first-order chi connectivity index (χ1) is 15.2. The third-order valence-electron chi connectivity index (χ3n) is 4.27. The largest absolute Gasteiger partial charge is 0.435 e. The van der Waals surface area contributed by atoms with Gasteiger partial charge in [0.15, 0.2) is 5.82 Å². The third kappa shape index (κ3) is 6.45. The highest BCUT2D eigenvalue weighted by Crippen LogP contribution is 2.24. The zero-order valence-electron chi connectivity index (χ0n) is 17.1. The SMILES string of the molecule is CN(C)C(O)Cn1cc(Nc2ncc(Cl)c(NCc3cc(OC(F)F)ccc3F)n2)cn1. The Balaban J connectivity index is 1.67. The van der Waals surface area contributed by atoms with Crippen molar-refractivity contribution in [1.82, 2.24) is 24.6 Å². The van der Waals surface area contributed by atoms with Gasteiger partial charge in [0.05, 0.1) is 24.6 Å². The van der Waals surface area contributed by atoms with Gasteiger partial charge in [-0.25, -0.2) is 9.37 Å². The Morgan fingerprint density at radius 2 is 2.06 bits per heavy atom. The van der Waals surface area contributed by atoms with Gasteiger partial charge in [-0.3, -0.25) is 9.58 Å². The highest BCUT2D eigenvalue weighted by molar-refractivity contribution is 6.32. The molecule has 3 N–H and O–H groups in total. The van der Waals surface area contributed by atoms with Crippen molar-refractivity contribution >= 4 is 29.1 Å². The number of aromatic nitrogens is 4. The number of nitrogens with one attached hydrogen (secondary N) is 2. The van der Waals surface area contributed by atoms with E-state index < -0.39 is 18.7 Å². The van der Waals surface area contributed by atoms with Gasteiger partial charge in [-0.05, 0) is 32.3 Å². The minimum Gasteiger partial charge on any atom is -0.435 e. The monoisotopic (exact) mass is 471 g/mol. The molecule has 0 saturated carbocycles. The quantitative estimate of drug-likeness (QED) is 0.387. The zero-order chi connectivity index (χ0) is 23.3. The van der Waals surface area contributed by atoms with E-state index in [0.717, 1.165) is 12.1 Å². The van der Waals surface area contributed by atoms with Crippen LogP contribution in [-0.4, -0.2) is 56.7 Å². The number of aliphatic hydroxyl groups is 1. The molecule has 1 aromatic carbocycles. The second-order valence-corrected chi connectivity index (χ2v) is 7.30. The molecule has 0 bridgehead atoms. The molecule has 3 rings (SSSR count). The first kappa shape index (κ1) is 23.6. The number of likely N-dealkylation sites (N-methyl/N-ethyl adjacent to an activating group) is 1. The van der Waals surface area contributed by atoms with Crippen LogP contribution in [0.15, 0.2) is 36.8 Å².